The number of halogens is 4. The highest BCUT2D eigenvalue weighted by Gasteiger charge is 2.53. The fourth-order valence-electron chi connectivity index (χ4n) is 3.07. The fourth-order valence-corrected chi connectivity index (χ4v) is 3.07. The summed E-state index contributed by atoms with van der Waals surface area (Å²) in [7, 11) is 0. The van der Waals surface area contributed by atoms with Gasteiger partial charge >= 0.3 is 0 Å². The Bertz CT molecular complexity index is 709. The Kier molecular flexibility index (Phi) is 5.68. The Morgan fingerprint density at radius 3 is 2.64 bits per heavy atom. The SMILES string of the molecule is Cl.NC(=O)c1cn(C2(C(F)F)CC2)c(=O)cc1N[C@@H]1CCNC[C@@H]1F. The van der Waals surface area contributed by atoms with Gasteiger partial charge in [-0.3, -0.25) is 9.59 Å². The maximum Gasteiger partial charge on any atom is 0.261 e. The number of primary amides is 1. The van der Waals surface area contributed by atoms with Crippen molar-refractivity contribution in [1.82, 2.24) is 9.88 Å². The minimum atomic E-state index is -2.71. The molecule has 0 radical (unpaired) electrons. The molecule has 6 nitrogen and oxygen atoms in total. The molecule has 1 aliphatic heterocycles. The lowest BCUT2D eigenvalue weighted by Gasteiger charge is -2.29. The van der Waals surface area contributed by atoms with E-state index < -0.39 is 35.6 Å². The van der Waals surface area contributed by atoms with Crippen molar-refractivity contribution in [3.8, 4) is 0 Å². The molecule has 25 heavy (non-hydrogen) atoms. The summed E-state index contributed by atoms with van der Waals surface area (Å²) in [5.74, 6) is -0.861. The van der Waals surface area contributed by atoms with Crippen molar-refractivity contribution >= 4 is 24.0 Å². The van der Waals surface area contributed by atoms with Crippen LogP contribution in [-0.4, -0.2) is 42.2 Å². The van der Waals surface area contributed by atoms with E-state index in [4.69, 9.17) is 5.73 Å². The number of alkyl halides is 3. The molecule has 0 spiro atoms. The van der Waals surface area contributed by atoms with Gasteiger partial charge in [-0.25, -0.2) is 13.2 Å². The number of rotatable bonds is 5. The molecule has 1 saturated carbocycles. The molecule has 2 fully saturated rings. The van der Waals surface area contributed by atoms with E-state index in [9.17, 15) is 22.8 Å². The molecule has 2 aliphatic rings. The van der Waals surface area contributed by atoms with Crippen LogP contribution in [0.4, 0.5) is 18.9 Å². The largest absolute Gasteiger partial charge is 0.378 e. The molecule has 1 aliphatic carbocycles. The van der Waals surface area contributed by atoms with Crippen molar-refractivity contribution in [2.45, 2.75) is 43.4 Å². The summed E-state index contributed by atoms with van der Waals surface area (Å²) in [6.45, 7) is 0.755. The summed E-state index contributed by atoms with van der Waals surface area (Å²) in [4.78, 5) is 24.0. The number of hydrogen-bond acceptors (Lipinski definition) is 4. The summed E-state index contributed by atoms with van der Waals surface area (Å²) in [6, 6.07) is 0.474. The van der Waals surface area contributed by atoms with Gasteiger partial charge in [0.1, 0.15) is 11.7 Å². The van der Waals surface area contributed by atoms with Gasteiger partial charge in [0.2, 0.25) is 0 Å². The third-order valence-electron chi connectivity index (χ3n) is 4.72. The zero-order chi connectivity index (χ0) is 17.5. The maximum atomic E-state index is 13.9. The second kappa shape index (κ2) is 7.25. The molecule has 0 bridgehead atoms. The second-order valence-electron chi connectivity index (χ2n) is 6.34. The number of amides is 1. The van der Waals surface area contributed by atoms with Crippen LogP contribution in [0, 0.1) is 0 Å². The summed E-state index contributed by atoms with van der Waals surface area (Å²) >= 11 is 0. The normalized spacial score (nSPS) is 24.5. The lowest BCUT2D eigenvalue weighted by molar-refractivity contribution is 0.0649. The Balaban J connectivity index is 0.00000225. The topological polar surface area (TPSA) is 89.2 Å². The van der Waals surface area contributed by atoms with E-state index >= 15 is 0 Å². The van der Waals surface area contributed by atoms with Crippen molar-refractivity contribution in [2.75, 3.05) is 18.4 Å². The van der Waals surface area contributed by atoms with Crippen LogP contribution in [0.5, 0.6) is 0 Å². The van der Waals surface area contributed by atoms with Gasteiger partial charge in [-0.15, -0.1) is 12.4 Å². The summed E-state index contributed by atoms with van der Waals surface area (Å²) < 4.78 is 41.3. The van der Waals surface area contributed by atoms with E-state index in [2.05, 4.69) is 10.6 Å². The van der Waals surface area contributed by atoms with Crippen LogP contribution in [0.25, 0.3) is 0 Å². The first-order valence-corrected chi connectivity index (χ1v) is 7.81. The molecule has 1 amide bonds. The molecule has 2 heterocycles. The van der Waals surface area contributed by atoms with E-state index in [0.717, 1.165) is 16.8 Å². The summed E-state index contributed by atoms with van der Waals surface area (Å²) in [5, 5.41) is 5.73. The van der Waals surface area contributed by atoms with Crippen LogP contribution in [0.15, 0.2) is 17.1 Å². The van der Waals surface area contributed by atoms with Crippen LogP contribution in [0.2, 0.25) is 0 Å². The molecule has 10 heteroatoms. The number of hydrogen-bond donors (Lipinski definition) is 3. The van der Waals surface area contributed by atoms with E-state index in [1.807, 2.05) is 0 Å². The first kappa shape index (κ1) is 19.6. The zero-order valence-corrected chi connectivity index (χ0v) is 14.1. The van der Waals surface area contributed by atoms with Gasteiger partial charge < -0.3 is 20.9 Å². The van der Waals surface area contributed by atoms with Crippen molar-refractivity contribution in [3.05, 3.63) is 28.2 Å². The monoisotopic (exact) mass is 380 g/mol. The van der Waals surface area contributed by atoms with Gasteiger partial charge in [-0.2, -0.15) is 0 Å². The molecule has 1 aromatic heterocycles. The zero-order valence-electron chi connectivity index (χ0n) is 13.3. The van der Waals surface area contributed by atoms with Crippen LogP contribution in [0.3, 0.4) is 0 Å². The van der Waals surface area contributed by atoms with E-state index in [-0.39, 0.29) is 43.0 Å². The highest BCUT2D eigenvalue weighted by atomic mass is 35.5. The Morgan fingerprint density at radius 1 is 1.44 bits per heavy atom. The van der Waals surface area contributed by atoms with Crippen molar-refractivity contribution in [3.63, 3.8) is 0 Å². The van der Waals surface area contributed by atoms with Crippen molar-refractivity contribution < 1.29 is 18.0 Å². The molecule has 0 unspecified atom stereocenters. The number of anilines is 1. The number of aromatic nitrogens is 1. The molecule has 1 saturated heterocycles. The third-order valence-corrected chi connectivity index (χ3v) is 4.72. The number of piperidine rings is 1. The molecular weight excluding hydrogens is 361 g/mol. The average Bonchev–Trinajstić information content (AvgIpc) is 3.31. The van der Waals surface area contributed by atoms with Gasteiger partial charge in [0.25, 0.3) is 17.9 Å². The van der Waals surface area contributed by atoms with Crippen molar-refractivity contribution in [2.24, 2.45) is 5.73 Å². The van der Waals surface area contributed by atoms with Crippen LogP contribution in [-0.2, 0) is 5.54 Å². The number of nitrogens with two attached hydrogens (primary N) is 1. The molecule has 2 atom stereocenters. The Hall–Kier alpha value is -1.74. The third kappa shape index (κ3) is 3.62. The number of nitrogens with zero attached hydrogens (tertiary/aromatic N) is 1. The first-order chi connectivity index (χ1) is 11.3. The fraction of sp³-hybridized carbons (Fsp3) is 0.600. The minimum absolute atomic E-state index is 0. The van der Waals surface area contributed by atoms with E-state index in [0.29, 0.717) is 13.0 Å². The quantitative estimate of drug-likeness (QED) is 0.717. The number of pyridine rings is 1. The molecule has 3 rings (SSSR count). The first-order valence-electron chi connectivity index (χ1n) is 7.81. The molecular formula is C15H20ClF3N4O2. The second-order valence-corrected chi connectivity index (χ2v) is 6.34. The van der Waals surface area contributed by atoms with Crippen molar-refractivity contribution in [1.29, 1.82) is 0 Å². The van der Waals surface area contributed by atoms with Gasteiger partial charge in [0.15, 0.2) is 0 Å². The van der Waals surface area contributed by atoms with Gasteiger partial charge in [-0.05, 0) is 25.8 Å². The summed E-state index contributed by atoms with van der Waals surface area (Å²) in [6.07, 6.45) is -2.05. The molecule has 4 N–H and O–H groups in total. The Morgan fingerprint density at radius 2 is 2.12 bits per heavy atom. The summed E-state index contributed by atoms with van der Waals surface area (Å²) in [5.41, 5.74) is 3.10. The molecule has 1 aromatic rings. The number of carbonyl (C=O) groups is 1. The lowest BCUT2D eigenvalue weighted by Crippen LogP contribution is -2.46. The van der Waals surface area contributed by atoms with Crippen LogP contribution < -0.4 is 21.9 Å². The Labute approximate surface area is 148 Å². The van der Waals surface area contributed by atoms with Gasteiger partial charge in [0, 0.05) is 18.8 Å². The standard InChI is InChI=1S/C15H19F3N4O2.ClH/c16-9-6-20-4-1-10(9)21-11-5-12(23)22(7-8(11)13(19)24)15(2-3-15)14(17)18;/h5,7,9-10,14,20-21H,1-4,6H2,(H2,19,24);1H/t9-,10+;/m0./s1. The molecule has 0 aromatic carbocycles. The highest BCUT2D eigenvalue weighted by Crippen LogP contribution is 2.47. The van der Waals surface area contributed by atoms with Gasteiger partial charge in [0.05, 0.1) is 17.3 Å². The maximum absolute atomic E-state index is 13.9. The predicted octanol–water partition coefficient (Wildman–Crippen LogP) is 1.24. The number of carbonyl (C=O) groups excluding carboxylic acids is 1. The van der Waals surface area contributed by atoms with E-state index in [1.54, 1.807) is 0 Å². The minimum Gasteiger partial charge on any atom is -0.378 e. The van der Waals surface area contributed by atoms with Crippen LogP contribution >= 0.6 is 12.4 Å². The highest BCUT2D eigenvalue weighted by molar-refractivity contribution is 5.98. The average molecular weight is 381 g/mol. The number of nitrogens with one attached hydrogen (secondary N) is 2. The van der Waals surface area contributed by atoms with E-state index in [1.165, 1.54) is 0 Å². The van der Waals surface area contributed by atoms with Gasteiger partial charge in [-0.1, -0.05) is 0 Å². The smallest absolute Gasteiger partial charge is 0.261 e. The predicted molar refractivity (Wildman–Crippen MR) is 89.5 cm³/mol. The molecule has 140 valence electrons. The van der Waals surface area contributed by atoms with Crippen LogP contribution in [0.1, 0.15) is 29.6 Å². The lowest BCUT2D eigenvalue weighted by atomic mass is 10.0.